The fraction of sp³-hybridized carbons (Fsp3) is 0.538. The molecule has 1 aliphatic heterocycles. The van der Waals surface area contributed by atoms with Gasteiger partial charge >= 0.3 is 0 Å². The molecule has 1 N–H and O–H groups in total. The van der Waals surface area contributed by atoms with Gasteiger partial charge in [-0.1, -0.05) is 23.7 Å². The van der Waals surface area contributed by atoms with Crippen molar-refractivity contribution in [1.82, 2.24) is 5.32 Å². The van der Waals surface area contributed by atoms with Crippen molar-refractivity contribution in [3.05, 3.63) is 28.8 Å². The Morgan fingerprint density at radius 1 is 1.38 bits per heavy atom. The van der Waals surface area contributed by atoms with Crippen molar-refractivity contribution in [2.24, 2.45) is 0 Å². The van der Waals surface area contributed by atoms with Gasteiger partial charge in [0.1, 0.15) is 5.75 Å². The molecule has 2 aliphatic rings. The topological polar surface area (TPSA) is 21.3 Å². The zero-order valence-corrected chi connectivity index (χ0v) is 10.1. The summed E-state index contributed by atoms with van der Waals surface area (Å²) in [6.45, 7) is 2.11. The van der Waals surface area contributed by atoms with Crippen LogP contribution in [0.3, 0.4) is 0 Å². The van der Waals surface area contributed by atoms with E-state index in [-0.39, 0.29) is 6.10 Å². The standard InChI is InChI=1S/C13H16ClNO/c1-8-7-12(15-9-5-6-9)10-3-2-4-11(14)13(10)16-8/h2-4,8-9,12,15H,5-7H2,1H3. The minimum atomic E-state index is 0.239. The van der Waals surface area contributed by atoms with Gasteiger partial charge in [0.15, 0.2) is 0 Å². The van der Waals surface area contributed by atoms with E-state index >= 15 is 0 Å². The molecule has 1 fully saturated rings. The van der Waals surface area contributed by atoms with Gasteiger partial charge in [-0.05, 0) is 25.8 Å². The first kappa shape index (κ1) is 10.4. The van der Waals surface area contributed by atoms with Crippen molar-refractivity contribution in [2.45, 2.75) is 44.4 Å². The summed E-state index contributed by atoms with van der Waals surface area (Å²) >= 11 is 6.17. The van der Waals surface area contributed by atoms with Crippen molar-refractivity contribution < 1.29 is 4.74 Å². The Balaban J connectivity index is 1.93. The third-order valence-corrected chi connectivity index (χ3v) is 3.57. The number of rotatable bonds is 2. The molecule has 2 nitrogen and oxygen atoms in total. The van der Waals surface area contributed by atoms with Gasteiger partial charge in [-0.3, -0.25) is 0 Å². The van der Waals surface area contributed by atoms with Gasteiger partial charge in [0.25, 0.3) is 0 Å². The lowest BCUT2D eigenvalue weighted by atomic mass is 9.97. The minimum absolute atomic E-state index is 0.239. The third kappa shape index (κ3) is 1.92. The lowest BCUT2D eigenvalue weighted by Gasteiger charge is -2.31. The van der Waals surface area contributed by atoms with Gasteiger partial charge in [-0.25, -0.2) is 0 Å². The van der Waals surface area contributed by atoms with Crippen LogP contribution in [0.2, 0.25) is 5.02 Å². The van der Waals surface area contributed by atoms with Crippen LogP contribution < -0.4 is 10.1 Å². The zero-order chi connectivity index (χ0) is 11.1. The Bertz CT molecular complexity index is 403. The quantitative estimate of drug-likeness (QED) is 0.852. The SMILES string of the molecule is CC1CC(NC2CC2)c2cccc(Cl)c2O1. The van der Waals surface area contributed by atoms with Crippen LogP contribution in [0.4, 0.5) is 0 Å². The summed E-state index contributed by atoms with van der Waals surface area (Å²) in [5, 5.41) is 4.40. The lowest BCUT2D eigenvalue weighted by molar-refractivity contribution is 0.166. The molecule has 1 aromatic rings. The van der Waals surface area contributed by atoms with Crippen LogP contribution in [0.25, 0.3) is 0 Å². The van der Waals surface area contributed by atoms with E-state index in [0.717, 1.165) is 17.2 Å². The first-order chi connectivity index (χ1) is 7.74. The van der Waals surface area contributed by atoms with Crippen LogP contribution in [-0.2, 0) is 0 Å². The molecule has 16 heavy (non-hydrogen) atoms. The van der Waals surface area contributed by atoms with Crippen LogP contribution in [0, 0.1) is 0 Å². The van der Waals surface area contributed by atoms with Gasteiger partial charge in [0.05, 0.1) is 11.1 Å². The highest BCUT2D eigenvalue weighted by Gasteiger charge is 2.31. The van der Waals surface area contributed by atoms with Gasteiger partial charge in [-0.15, -0.1) is 0 Å². The molecule has 2 unspecified atom stereocenters. The van der Waals surface area contributed by atoms with Crippen LogP contribution >= 0.6 is 11.6 Å². The molecule has 0 spiro atoms. The molecule has 1 saturated carbocycles. The number of hydrogen-bond donors (Lipinski definition) is 1. The monoisotopic (exact) mass is 237 g/mol. The highest BCUT2D eigenvalue weighted by atomic mass is 35.5. The molecule has 3 heteroatoms. The molecule has 1 aromatic carbocycles. The summed E-state index contributed by atoms with van der Waals surface area (Å²) in [6, 6.07) is 7.13. The Labute approximate surface area is 101 Å². The molecule has 86 valence electrons. The third-order valence-electron chi connectivity index (χ3n) is 3.27. The molecule has 0 bridgehead atoms. The molecule has 3 rings (SSSR count). The maximum atomic E-state index is 6.17. The predicted molar refractivity (Wildman–Crippen MR) is 65.1 cm³/mol. The highest BCUT2D eigenvalue weighted by Crippen LogP contribution is 2.40. The molecule has 1 aliphatic carbocycles. The summed E-state index contributed by atoms with van der Waals surface area (Å²) in [7, 11) is 0. The number of fused-ring (bicyclic) bond motifs is 1. The van der Waals surface area contributed by atoms with E-state index in [1.807, 2.05) is 12.1 Å². The summed E-state index contributed by atoms with van der Waals surface area (Å²) in [5.74, 6) is 0.876. The van der Waals surface area contributed by atoms with Crippen LogP contribution in [0.15, 0.2) is 18.2 Å². The first-order valence-electron chi connectivity index (χ1n) is 5.95. The van der Waals surface area contributed by atoms with Crippen molar-refractivity contribution in [3.63, 3.8) is 0 Å². The fourth-order valence-electron chi connectivity index (χ4n) is 2.32. The highest BCUT2D eigenvalue weighted by molar-refractivity contribution is 6.32. The Morgan fingerprint density at radius 3 is 2.94 bits per heavy atom. The summed E-state index contributed by atoms with van der Waals surface area (Å²) in [6.07, 6.45) is 3.89. The van der Waals surface area contributed by atoms with E-state index in [9.17, 15) is 0 Å². The Hall–Kier alpha value is -0.730. The molecule has 0 amide bonds. The normalized spacial score (nSPS) is 28.4. The predicted octanol–water partition coefficient (Wildman–Crippen LogP) is 3.30. The van der Waals surface area contributed by atoms with E-state index in [2.05, 4.69) is 18.3 Å². The Morgan fingerprint density at radius 2 is 2.19 bits per heavy atom. The van der Waals surface area contributed by atoms with E-state index in [0.29, 0.717) is 12.1 Å². The van der Waals surface area contributed by atoms with Gasteiger partial charge < -0.3 is 10.1 Å². The molecule has 0 saturated heterocycles. The van der Waals surface area contributed by atoms with Crippen molar-refractivity contribution in [3.8, 4) is 5.75 Å². The van der Waals surface area contributed by atoms with E-state index < -0.39 is 0 Å². The molecular weight excluding hydrogens is 222 g/mol. The van der Waals surface area contributed by atoms with Crippen LogP contribution in [-0.4, -0.2) is 12.1 Å². The molecule has 0 radical (unpaired) electrons. The van der Waals surface area contributed by atoms with Gasteiger partial charge in [0.2, 0.25) is 0 Å². The summed E-state index contributed by atoms with van der Waals surface area (Å²) in [4.78, 5) is 0. The van der Waals surface area contributed by atoms with E-state index in [1.54, 1.807) is 0 Å². The van der Waals surface area contributed by atoms with E-state index in [4.69, 9.17) is 16.3 Å². The van der Waals surface area contributed by atoms with Crippen LogP contribution in [0.5, 0.6) is 5.75 Å². The molecular formula is C13H16ClNO. The second-order valence-electron chi connectivity index (χ2n) is 4.82. The lowest BCUT2D eigenvalue weighted by Crippen LogP contribution is -2.32. The molecule has 1 heterocycles. The summed E-state index contributed by atoms with van der Waals surface area (Å²) < 4.78 is 5.82. The number of halogens is 1. The smallest absolute Gasteiger partial charge is 0.143 e. The average molecular weight is 238 g/mol. The second kappa shape index (κ2) is 3.94. The maximum Gasteiger partial charge on any atom is 0.143 e. The van der Waals surface area contributed by atoms with Gasteiger partial charge in [0, 0.05) is 24.1 Å². The number of para-hydroxylation sites is 1. The number of hydrogen-bond acceptors (Lipinski definition) is 2. The number of nitrogens with one attached hydrogen (secondary N) is 1. The largest absolute Gasteiger partial charge is 0.489 e. The van der Waals surface area contributed by atoms with Crippen molar-refractivity contribution >= 4 is 11.6 Å². The Kier molecular flexibility index (Phi) is 2.56. The zero-order valence-electron chi connectivity index (χ0n) is 9.37. The first-order valence-corrected chi connectivity index (χ1v) is 6.33. The van der Waals surface area contributed by atoms with Gasteiger partial charge in [-0.2, -0.15) is 0 Å². The second-order valence-corrected chi connectivity index (χ2v) is 5.22. The van der Waals surface area contributed by atoms with Crippen molar-refractivity contribution in [2.75, 3.05) is 0 Å². The fourth-order valence-corrected chi connectivity index (χ4v) is 2.55. The average Bonchev–Trinajstić information content (AvgIpc) is 3.03. The number of ether oxygens (including phenoxy) is 1. The molecule has 0 aromatic heterocycles. The minimum Gasteiger partial charge on any atom is -0.489 e. The van der Waals surface area contributed by atoms with E-state index in [1.165, 1.54) is 18.4 Å². The maximum absolute atomic E-state index is 6.17. The number of benzene rings is 1. The van der Waals surface area contributed by atoms with Crippen LogP contribution in [0.1, 0.15) is 37.8 Å². The van der Waals surface area contributed by atoms with Crippen molar-refractivity contribution in [1.29, 1.82) is 0 Å². The molecule has 2 atom stereocenters. The summed E-state index contributed by atoms with van der Waals surface area (Å²) in [5.41, 5.74) is 1.22.